The van der Waals surface area contributed by atoms with Crippen LogP contribution in [0.3, 0.4) is 0 Å². The number of ketones is 1. The fourth-order valence-corrected chi connectivity index (χ4v) is 3.23. The van der Waals surface area contributed by atoms with E-state index in [1.54, 1.807) is 13.2 Å². The highest BCUT2D eigenvalue weighted by Crippen LogP contribution is 2.29. The first kappa shape index (κ1) is 24.4. The minimum atomic E-state index is -0.337. The highest BCUT2D eigenvalue weighted by atomic mass is 16.6. The quantitative estimate of drug-likeness (QED) is 0.169. The zero-order valence-electron chi connectivity index (χ0n) is 18.9. The number of Topliss-reactive ketones (excluding diaryl/α,β-unsaturated/α-hetero) is 1. The Bertz CT molecular complexity index is 853. The van der Waals surface area contributed by atoms with Crippen molar-refractivity contribution in [3.63, 3.8) is 0 Å². The van der Waals surface area contributed by atoms with E-state index in [0.717, 1.165) is 30.4 Å². The molecule has 0 aliphatic heterocycles. The average Bonchev–Trinajstić information content (AvgIpc) is 2.75. The highest BCUT2D eigenvalue weighted by molar-refractivity contribution is 5.78. The molecular formula is C27H34O4. The Labute approximate surface area is 186 Å². The number of carbonyl (C=O) groups is 2. The van der Waals surface area contributed by atoms with Crippen molar-refractivity contribution < 1.29 is 19.1 Å². The highest BCUT2D eigenvalue weighted by Gasteiger charge is 2.12. The van der Waals surface area contributed by atoms with Gasteiger partial charge in [-0.05, 0) is 54.9 Å². The Balaban J connectivity index is 1.78. The van der Waals surface area contributed by atoms with Crippen molar-refractivity contribution >= 4 is 11.8 Å². The third-order valence-electron chi connectivity index (χ3n) is 4.93. The molecule has 0 aromatic heterocycles. The number of ether oxygens (including phenoxy) is 2. The summed E-state index contributed by atoms with van der Waals surface area (Å²) in [5, 5.41) is 0. The maximum Gasteiger partial charge on any atom is 0.315 e. The predicted octanol–water partition coefficient (Wildman–Crippen LogP) is 6.12. The molecule has 0 spiro atoms. The molecule has 2 aromatic rings. The van der Waals surface area contributed by atoms with Crippen LogP contribution in [-0.4, -0.2) is 18.9 Å². The van der Waals surface area contributed by atoms with Crippen LogP contribution >= 0.6 is 0 Å². The number of rotatable bonds is 13. The molecule has 0 atom stereocenters. The van der Waals surface area contributed by atoms with Crippen molar-refractivity contribution in [3.8, 4) is 11.5 Å². The summed E-state index contributed by atoms with van der Waals surface area (Å²) in [6, 6.07) is 14.9. The van der Waals surface area contributed by atoms with Crippen LogP contribution in [0.4, 0.5) is 0 Å². The second kappa shape index (κ2) is 13.4. The third kappa shape index (κ3) is 9.65. The van der Waals surface area contributed by atoms with Gasteiger partial charge in [0.1, 0.15) is 5.78 Å². The molecule has 31 heavy (non-hydrogen) atoms. The molecule has 0 fully saturated rings. The van der Waals surface area contributed by atoms with Crippen molar-refractivity contribution in [2.45, 2.75) is 58.8 Å². The minimum absolute atomic E-state index is 0.202. The number of hydrogen-bond acceptors (Lipinski definition) is 4. The standard InChI is InChI=1S/C27H34O4/c1-21(2)11-7-4-5-10-14-24(28)17-15-23-16-18-25(26(19-23)30-3)31-27(29)20-22-12-8-6-9-13-22/h6-9,11-13,16,18-19,21H,4-5,10,14-15,17,20H2,1-3H3/b11-7+. The molecule has 2 rings (SSSR count). The normalized spacial score (nSPS) is 11.1. The number of allylic oxidation sites excluding steroid dienone is 2. The molecule has 0 saturated heterocycles. The molecule has 0 heterocycles. The SMILES string of the molecule is COc1cc(CCC(=O)CCCC/C=C/C(C)C)ccc1OC(=O)Cc1ccccc1. The van der Waals surface area contributed by atoms with E-state index in [-0.39, 0.29) is 18.2 Å². The van der Waals surface area contributed by atoms with E-state index in [0.29, 0.717) is 36.7 Å². The molecule has 4 heteroatoms. The molecule has 0 radical (unpaired) electrons. The molecule has 4 nitrogen and oxygen atoms in total. The monoisotopic (exact) mass is 422 g/mol. The van der Waals surface area contributed by atoms with Crippen molar-refractivity contribution in [2.24, 2.45) is 5.92 Å². The minimum Gasteiger partial charge on any atom is -0.493 e. The van der Waals surface area contributed by atoms with Gasteiger partial charge in [-0.1, -0.05) is 62.4 Å². The second-order valence-corrected chi connectivity index (χ2v) is 8.08. The molecular weight excluding hydrogens is 388 g/mol. The predicted molar refractivity (Wildman–Crippen MR) is 125 cm³/mol. The third-order valence-corrected chi connectivity index (χ3v) is 4.93. The Morgan fingerprint density at radius 3 is 2.42 bits per heavy atom. The molecule has 0 N–H and O–H groups in total. The van der Waals surface area contributed by atoms with Gasteiger partial charge in [0, 0.05) is 12.8 Å². The number of hydrogen-bond donors (Lipinski definition) is 0. The number of carbonyl (C=O) groups excluding carboxylic acids is 2. The Morgan fingerprint density at radius 2 is 1.71 bits per heavy atom. The molecule has 2 aromatic carbocycles. The number of methoxy groups -OCH3 is 1. The summed E-state index contributed by atoms with van der Waals surface area (Å²) in [7, 11) is 1.55. The maximum atomic E-state index is 12.2. The number of esters is 1. The van der Waals surface area contributed by atoms with Gasteiger partial charge >= 0.3 is 5.97 Å². The van der Waals surface area contributed by atoms with Gasteiger partial charge in [0.25, 0.3) is 0 Å². The maximum absolute atomic E-state index is 12.2. The van der Waals surface area contributed by atoms with Crippen molar-refractivity contribution in [1.82, 2.24) is 0 Å². The van der Waals surface area contributed by atoms with Crippen LogP contribution < -0.4 is 9.47 Å². The number of unbranched alkanes of at least 4 members (excludes halogenated alkanes) is 2. The summed E-state index contributed by atoms with van der Waals surface area (Å²) in [6.07, 6.45) is 9.42. The molecule has 166 valence electrons. The first-order valence-corrected chi connectivity index (χ1v) is 11.1. The topological polar surface area (TPSA) is 52.6 Å². The van der Waals surface area contributed by atoms with Gasteiger partial charge < -0.3 is 9.47 Å². The lowest BCUT2D eigenvalue weighted by atomic mass is 10.0. The summed E-state index contributed by atoms with van der Waals surface area (Å²) in [6.45, 7) is 4.33. The average molecular weight is 423 g/mol. The number of aryl methyl sites for hydroxylation is 1. The van der Waals surface area contributed by atoms with Gasteiger partial charge in [0.05, 0.1) is 13.5 Å². The van der Waals surface area contributed by atoms with Gasteiger partial charge in [-0.25, -0.2) is 0 Å². The molecule has 0 unspecified atom stereocenters. The van der Waals surface area contributed by atoms with Crippen LogP contribution in [0.1, 0.15) is 57.1 Å². The molecule has 0 aliphatic carbocycles. The molecule has 0 amide bonds. The fourth-order valence-electron chi connectivity index (χ4n) is 3.23. The lowest BCUT2D eigenvalue weighted by Gasteiger charge is -2.11. The van der Waals surface area contributed by atoms with E-state index in [4.69, 9.17) is 9.47 Å². The van der Waals surface area contributed by atoms with Crippen LogP contribution in [0.15, 0.2) is 60.7 Å². The fraction of sp³-hybridized carbons (Fsp3) is 0.407. The van der Waals surface area contributed by atoms with E-state index in [2.05, 4.69) is 26.0 Å². The Morgan fingerprint density at radius 1 is 0.935 bits per heavy atom. The molecule has 0 bridgehead atoms. The van der Waals surface area contributed by atoms with Gasteiger partial charge in [-0.2, -0.15) is 0 Å². The van der Waals surface area contributed by atoms with Gasteiger partial charge in [0.15, 0.2) is 11.5 Å². The van der Waals surface area contributed by atoms with Crippen LogP contribution in [0.25, 0.3) is 0 Å². The van der Waals surface area contributed by atoms with E-state index >= 15 is 0 Å². The Hall–Kier alpha value is -2.88. The van der Waals surface area contributed by atoms with Crippen LogP contribution in [-0.2, 0) is 22.4 Å². The molecule has 0 saturated carbocycles. The van der Waals surface area contributed by atoms with Crippen LogP contribution in [0.5, 0.6) is 11.5 Å². The summed E-state index contributed by atoms with van der Waals surface area (Å²) in [5.41, 5.74) is 1.89. The van der Waals surface area contributed by atoms with Gasteiger partial charge in [-0.3, -0.25) is 9.59 Å². The van der Waals surface area contributed by atoms with Crippen molar-refractivity contribution in [1.29, 1.82) is 0 Å². The van der Waals surface area contributed by atoms with E-state index in [1.807, 2.05) is 42.5 Å². The first-order chi connectivity index (χ1) is 15.0. The van der Waals surface area contributed by atoms with Gasteiger partial charge in [0.2, 0.25) is 0 Å². The lowest BCUT2D eigenvalue weighted by Crippen LogP contribution is -2.12. The largest absolute Gasteiger partial charge is 0.493 e. The summed E-state index contributed by atoms with van der Waals surface area (Å²) in [5.74, 6) is 1.43. The first-order valence-electron chi connectivity index (χ1n) is 11.1. The zero-order valence-corrected chi connectivity index (χ0v) is 18.9. The smallest absolute Gasteiger partial charge is 0.315 e. The van der Waals surface area contributed by atoms with E-state index in [1.165, 1.54) is 0 Å². The molecule has 0 aliphatic rings. The van der Waals surface area contributed by atoms with E-state index < -0.39 is 0 Å². The van der Waals surface area contributed by atoms with Crippen LogP contribution in [0, 0.1) is 5.92 Å². The summed E-state index contributed by atoms with van der Waals surface area (Å²) in [4.78, 5) is 24.4. The second-order valence-electron chi connectivity index (χ2n) is 8.08. The van der Waals surface area contributed by atoms with Crippen LogP contribution in [0.2, 0.25) is 0 Å². The van der Waals surface area contributed by atoms with Crippen molar-refractivity contribution in [3.05, 3.63) is 71.8 Å². The number of benzene rings is 2. The van der Waals surface area contributed by atoms with Gasteiger partial charge in [-0.15, -0.1) is 0 Å². The lowest BCUT2D eigenvalue weighted by molar-refractivity contribution is -0.133. The summed E-state index contributed by atoms with van der Waals surface area (Å²) >= 11 is 0. The van der Waals surface area contributed by atoms with Crippen molar-refractivity contribution in [2.75, 3.05) is 7.11 Å². The Kier molecular flexibility index (Phi) is 10.6. The van der Waals surface area contributed by atoms with E-state index in [9.17, 15) is 9.59 Å². The summed E-state index contributed by atoms with van der Waals surface area (Å²) < 4.78 is 10.9. The zero-order chi connectivity index (χ0) is 22.5.